The molecule has 0 aliphatic rings. The Morgan fingerprint density at radius 2 is 2.05 bits per heavy atom. The number of alkyl carbamates (subject to hydrolysis) is 1. The smallest absolute Gasteiger partial charge is 0.407 e. The van der Waals surface area contributed by atoms with Gasteiger partial charge in [0.2, 0.25) is 0 Å². The number of aromatic nitrogens is 1. The van der Waals surface area contributed by atoms with Crippen LogP contribution in [0.15, 0.2) is 12.1 Å². The van der Waals surface area contributed by atoms with Gasteiger partial charge < -0.3 is 15.4 Å². The third-order valence-electron chi connectivity index (χ3n) is 2.16. The van der Waals surface area contributed by atoms with Gasteiger partial charge in [-0.25, -0.2) is 9.78 Å². The molecular formula is C13H20ClN3O2. The Kier molecular flexibility index (Phi) is 5.42. The number of pyridine rings is 1. The van der Waals surface area contributed by atoms with E-state index in [0.717, 1.165) is 11.4 Å². The molecule has 0 spiro atoms. The summed E-state index contributed by atoms with van der Waals surface area (Å²) in [7, 11) is 0. The topological polar surface area (TPSA) is 63.2 Å². The van der Waals surface area contributed by atoms with Crippen molar-refractivity contribution in [1.29, 1.82) is 0 Å². The van der Waals surface area contributed by atoms with Gasteiger partial charge in [-0.1, -0.05) is 11.6 Å². The number of aryl methyl sites for hydroxylation is 1. The Morgan fingerprint density at radius 3 is 2.63 bits per heavy atom. The summed E-state index contributed by atoms with van der Waals surface area (Å²) >= 11 is 5.77. The van der Waals surface area contributed by atoms with E-state index in [4.69, 9.17) is 16.3 Å². The van der Waals surface area contributed by atoms with Crippen LogP contribution >= 0.6 is 11.6 Å². The zero-order valence-electron chi connectivity index (χ0n) is 11.7. The van der Waals surface area contributed by atoms with E-state index in [-0.39, 0.29) is 0 Å². The van der Waals surface area contributed by atoms with Gasteiger partial charge in [0.15, 0.2) is 0 Å². The number of ether oxygens (including phenoxy) is 1. The first-order valence-corrected chi connectivity index (χ1v) is 6.49. The van der Waals surface area contributed by atoms with Crippen LogP contribution in [-0.2, 0) is 4.74 Å². The average molecular weight is 286 g/mol. The van der Waals surface area contributed by atoms with E-state index < -0.39 is 11.7 Å². The Hall–Kier alpha value is -1.49. The zero-order chi connectivity index (χ0) is 14.5. The Bertz CT molecular complexity index is 444. The molecule has 0 aliphatic carbocycles. The number of halogens is 1. The van der Waals surface area contributed by atoms with Crippen molar-refractivity contribution in [1.82, 2.24) is 10.3 Å². The van der Waals surface area contributed by atoms with Crippen molar-refractivity contribution in [2.24, 2.45) is 0 Å². The average Bonchev–Trinajstić information content (AvgIpc) is 2.24. The van der Waals surface area contributed by atoms with Crippen LogP contribution in [0.1, 0.15) is 26.5 Å². The molecule has 0 aromatic carbocycles. The Labute approximate surface area is 118 Å². The van der Waals surface area contributed by atoms with E-state index in [1.165, 1.54) is 0 Å². The lowest BCUT2D eigenvalue weighted by atomic mass is 10.2. The standard InChI is InChI=1S/C13H20ClN3O2/c1-9-10(5-6-11(14)17-9)15-7-8-16-12(18)19-13(2,3)4/h5-6,15H,7-8H2,1-4H3,(H,16,18). The molecule has 0 bridgehead atoms. The number of rotatable bonds is 4. The van der Waals surface area contributed by atoms with Gasteiger partial charge in [0.1, 0.15) is 10.8 Å². The first-order chi connectivity index (χ1) is 8.78. The second-order valence-corrected chi connectivity index (χ2v) is 5.51. The van der Waals surface area contributed by atoms with Crippen molar-refractivity contribution < 1.29 is 9.53 Å². The predicted molar refractivity (Wildman–Crippen MR) is 76.7 cm³/mol. The maximum Gasteiger partial charge on any atom is 0.407 e. The minimum atomic E-state index is -0.478. The van der Waals surface area contributed by atoms with Gasteiger partial charge in [-0.15, -0.1) is 0 Å². The quantitative estimate of drug-likeness (QED) is 0.659. The lowest BCUT2D eigenvalue weighted by Crippen LogP contribution is -2.35. The van der Waals surface area contributed by atoms with Gasteiger partial charge in [0, 0.05) is 13.1 Å². The summed E-state index contributed by atoms with van der Waals surface area (Å²) in [5.41, 5.74) is 1.24. The van der Waals surface area contributed by atoms with Gasteiger partial charge in [-0.3, -0.25) is 0 Å². The molecule has 0 saturated heterocycles. The molecule has 1 aromatic heterocycles. The summed E-state index contributed by atoms with van der Waals surface area (Å²) in [6.45, 7) is 8.41. The van der Waals surface area contributed by atoms with Crippen LogP contribution in [0.4, 0.5) is 10.5 Å². The largest absolute Gasteiger partial charge is 0.444 e. The number of nitrogens with zero attached hydrogens (tertiary/aromatic N) is 1. The number of hydrogen-bond acceptors (Lipinski definition) is 4. The van der Waals surface area contributed by atoms with Gasteiger partial charge in [0.25, 0.3) is 0 Å². The third-order valence-corrected chi connectivity index (χ3v) is 2.37. The molecule has 0 radical (unpaired) electrons. The van der Waals surface area contributed by atoms with E-state index in [0.29, 0.717) is 18.2 Å². The fraction of sp³-hybridized carbons (Fsp3) is 0.538. The molecule has 6 heteroatoms. The number of anilines is 1. The molecule has 0 aliphatic heterocycles. The summed E-state index contributed by atoms with van der Waals surface area (Å²) in [6, 6.07) is 3.58. The molecule has 2 N–H and O–H groups in total. The number of hydrogen-bond donors (Lipinski definition) is 2. The van der Waals surface area contributed by atoms with Crippen LogP contribution in [0, 0.1) is 6.92 Å². The van der Waals surface area contributed by atoms with Crippen molar-refractivity contribution in [3.8, 4) is 0 Å². The van der Waals surface area contributed by atoms with Crippen LogP contribution in [0.5, 0.6) is 0 Å². The van der Waals surface area contributed by atoms with E-state index in [9.17, 15) is 4.79 Å². The molecule has 19 heavy (non-hydrogen) atoms. The summed E-state index contributed by atoms with van der Waals surface area (Å²) < 4.78 is 5.12. The van der Waals surface area contributed by atoms with Crippen molar-refractivity contribution in [2.75, 3.05) is 18.4 Å². The van der Waals surface area contributed by atoms with Crippen molar-refractivity contribution in [3.63, 3.8) is 0 Å². The van der Waals surface area contributed by atoms with Crippen LogP contribution < -0.4 is 10.6 Å². The summed E-state index contributed by atoms with van der Waals surface area (Å²) in [5.74, 6) is 0. The second-order valence-electron chi connectivity index (χ2n) is 5.12. The summed E-state index contributed by atoms with van der Waals surface area (Å²) in [6.07, 6.45) is -0.416. The van der Waals surface area contributed by atoms with E-state index in [1.807, 2.05) is 33.8 Å². The van der Waals surface area contributed by atoms with Crippen LogP contribution in [-0.4, -0.2) is 29.8 Å². The van der Waals surface area contributed by atoms with E-state index >= 15 is 0 Å². The van der Waals surface area contributed by atoms with Crippen molar-refractivity contribution in [3.05, 3.63) is 23.0 Å². The molecule has 0 fully saturated rings. The van der Waals surface area contributed by atoms with Gasteiger partial charge >= 0.3 is 6.09 Å². The minimum Gasteiger partial charge on any atom is -0.444 e. The van der Waals surface area contributed by atoms with Crippen molar-refractivity contribution >= 4 is 23.4 Å². The monoisotopic (exact) mass is 285 g/mol. The molecule has 0 atom stereocenters. The zero-order valence-corrected chi connectivity index (χ0v) is 12.5. The first kappa shape index (κ1) is 15.6. The number of nitrogens with one attached hydrogen (secondary N) is 2. The number of carbonyl (C=O) groups is 1. The van der Waals surface area contributed by atoms with E-state index in [1.54, 1.807) is 6.07 Å². The number of carbonyl (C=O) groups excluding carboxylic acids is 1. The molecular weight excluding hydrogens is 266 g/mol. The number of amides is 1. The fourth-order valence-electron chi connectivity index (χ4n) is 1.39. The molecule has 5 nitrogen and oxygen atoms in total. The third kappa shape index (κ3) is 6.29. The van der Waals surface area contributed by atoms with Crippen molar-refractivity contribution in [2.45, 2.75) is 33.3 Å². The fourth-order valence-corrected chi connectivity index (χ4v) is 1.58. The highest BCUT2D eigenvalue weighted by Gasteiger charge is 2.15. The molecule has 106 valence electrons. The first-order valence-electron chi connectivity index (χ1n) is 6.12. The molecule has 1 rings (SSSR count). The summed E-state index contributed by atoms with van der Waals surface area (Å²) in [4.78, 5) is 15.5. The highest BCUT2D eigenvalue weighted by molar-refractivity contribution is 6.29. The maximum absolute atomic E-state index is 11.4. The van der Waals surface area contributed by atoms with Gasteiger partial charge in [-0.05, 0) is 39.8 Å². The normalized spacial score (nSPS) is 11.0. The molecule has 1 aromatic rings. The predicted octanol–water partition coefficient (Wildman–Crippen LogP) is 2.98. The highest BCUT2D eigenvalue weighted by atomic mass is 35.5. The second kappa shape index (κ2) is 6.61. The minimum absolute atomic E-state index is 0.416. The Morgan fingerprint density at radius 1 is 1.37 bits per heavy atom. The lowest BCUT2D eigenvalue weighted by molar-refractivity contribution is 0.0530. The van der Waals surface area contributed by atoms with Crippen LogP contribution in [0.2, 0.25) is 5.15 Å². The maximum atomic E-state index is 11.4. The molecule has 1 heterocycles. The van der Waals surface area contributed by atoms with Gasteiger partial charge in [0.05, 0.1) is 11.4 Å². The molecule has 1 amide bonds. The lowest BCUT2D eigenvalue weighted by Gasteiger charge is -2.19. The molecule has 0 unspecified atom stereocenters. The van der Waals surface area contributed by atoms with Crippen LogP contribution in [0.25, 0.3) is 0 Å². The SMILES string of the molecule is Cc1nc(Cl)ccc1NCCNC(=O)OC(C)(C)C. The van der Waals surface area contributed by atoms with Crippen LogP contribution in [0.3, 0.4) is 0 Å². The van der Waals surface area contributed by atoms with Gasteiger partial charge in [-0.2, -0.15) is 0 Å². The van der Waals surface area contributed by atoms with E-state index in [2.05, 4.69) is 15.6 Å². The summed E-state index contributed by atoms with van der Waals surface area (Å²) in [5, 5.41) is 6.30. The Balaban J connectivity index is 2.29. The highest BCUT2D eigenvalue weighted by Crippen LogP contribution is 2.15. The molecule has 0 saturated carbocycles.